The van der Waals surface area contributed by atoms with Gasteiger partial charge in [0.25, 0.3) is 0 Å². The molecule has 0 aliphatic carbocycles. The van der Waals surface area contributed by atoms with Gasteiger partial charge in [-0.3, -0.25) is 4.90 Å². The molecule has 0 aromatic heterocycles. The number of likely N-dealkylation sites (tertiary alicyclic amines) is 1. The number of benzene rings is 1. The summed E-state index contributed by atoms with van der Waals surface area (Å²) in [5, 5.41) is 0. The van der Waals surface area contributed by atoms with Gasteiger partial charge in [0, 0.05) is 19.1 Å². The minimum absolute atomic E-state index is 0.325. The van der Waals surface area contributed by atoms with Crippen molar-refractivity contribution in [3.05, 3.63) is 35.4 Å². The monoisotopic (exact) mass is 286 g/mol. The molecule has 0 spiro atoms. The lowest BCUT2D eigenvalue weighted by molar-refractivity contribution is -0.137. The summed E-state index contributed by atoms with van der Waals surface area (Å²) in [6.07, 6.45) is -1.97. The van der Waals surface area contributed by atoms with Gasteiger partial charge in [-0.15, -0.1) is 0 Å². The normalized spacial score (nSPS) is 24.9. The van der Waals surface area contributed by atoms with Crippen LogP contribution in [0.1, 0.15) is 30.9 Å². The molecular formula is C15H21F3N2. The number of alkyl halides is 3. The van der Waals surface area contributed by atoms with E-state index in [4.69, 9.17) is 5.73 Å². The van der Waals surface area contributed by atoms with Crippen LogP contribution in [-0.4, -0.2) is 24.0 Å². The lowest BCUT2D eigenvalue weighted by Crippen LogP contribution is -2.47. The van der Waals surface area contributed by atoms with E-state index in [2.05, 4.69) is 11.8 Å². The van der Waals surface area contributed by atoms with Gasteiger partial charge in [-0.2, -0.15) is 13.2 Å². The van der Waals surface area contributed by atoms with Crippen LogP contribution in [0, 0.1) is 5.92 Å². The van der Waals surface area contributed by atoms with E-state index in [0.29, 0.717) is 25.0 Å². The van der Waals surface area contributed by atoms with E-state index in [9.17, 15) is 13.2 Å². The smallest absolute Gasteiger partial charge is 0.329 e. The molecular weight excluding hydrogens is 265 g/mol. The Labute approximate surface area is 117 Å². The highest BCUT2D eigenvalue weighted by atomic mass is 19.4. The first kappa shape index (κ1) is 15.3. The minimum Gasteiger partial charge on any atom is -0.329 e. The van der Waals surface area contributed by atoms with Crippen LogP contribution in [0.5, 0.6) is 0 Å². The zero-order valence-corrected chi connectivity index (χ0v) is 11.7. The molecule has 1 aliphatic heterocycles. The summed E-state index contributed by atoms with van der Waals surface area (Å²) in [6.45, 7) is 4.43. The fourth-order valence-electron chi connectivity index (χ4n) is 2.95. The SMILES string of the molecule is CC1CCCN(Cc2ccc(C(F)(F)F)cc2)C1CN. The van der Waals surface area contributed by atoms with E-state index in [1.807, 2.05) is 0 Å². The standard InChI is InChI=1S/C15H21F3N2/c1-11-3-2-8-20(14(11)9-19)10-12-4-6-13(7-5-12)15(16,17)18/h4-7,11,14H,2-3,8-10,19H2,1H3. The molecule has 0 amide bonds. The number of hydrogen-bond donors (Lipinski definition) is 1. The van der Waals surface area contributed by atoms with Crippen molar-refractivity contribution in [1.29, 1.82) is 0 Å². The van der Waals surface area contributed by atoms with Crippen molar-refractivity contribution in [2.45, 2.75) is 38.5 Å². The van der Waals surface area contributed by atoms with Gasteiger partial charge in [0.1, 0.15) is 0 Å². The molecule has 1 aliphatic rings. The van der Waals surface area contributed by atoms with Crippen molar-refractivity contribution in [3.63, 3.8) is 0 Å². The second kappa shape index (κ2) is 6.14. The van der Waals surface area contributed by atoms with Gasteiger partial charge >= 0.3 is 6.18 Å². The topological polar surface area (TPSA) is 29.3 Å². The molecule has 1 saturated heterocycles. The van der Waals surface area contributed by atoms with E-state index >= 15 is 0 Å². The third-order valence-corrected chi connectivity index (χ3v) is 4.14. The highest BCUT2D eigenvalue weighted by Gasteiger charge is 2.30. The molecule has 1 aromatic carbocycles. The lowest BCUT2D eigenvalue weighted by atomic mass is 9.90. The molecule has 2 unspecified atom stereocenters. The zero-order valence-electron chi connectivity index (χ0n) is 11.7. The van der Waals surface area contributed by atoms with Gasteiger partial charge in [-0.1, -0.05) is 19.1 Å². The predicted molar refractivity (Wildman–Crippen MR) is 73.1 cm³/mol. The van der Waals surface area contributed by atoms with Crippen LogP contribution in [0.3, 0.4) is 0 Å². The van der Waals surface area contributed by atoms with E-state index in [1.54, 1.807) is 12.1 Å². The van der Waals surface area contributed by atoms with Gasteiger partial charge in [0.05, 0.1) is 5.56 Å². The molecule has 20 heavy (non-hydrogen) atoms. The first-order valence-corrected chi connectivity index (χ1v) is 7.02. The molecule has 2 rings (SSSR count). The number of hydrogen-bond acceptors (Lipinski definition) is 2. The third-order valence-electron chi connectivity index (χ3n) is 4.14. The second-order valence-corrected chi connectivity index (χ2v) is 5.59. The Morgan fingerprint density at radius 3 is 2.45 bits per heavy atom. The molecule has 112 valence electrons. The van der Waals surface area contributed by atoms with Crippen LogP contribution in [0.2, 0.25) is 0 Å². The summed E-state index contributed by atoms with van der Waals surface area (Å²) < 4.78 is 37.6. The molecule has 0 saturated carbocycles. The maximum Gasteiger partial charge on any atom is 0.416 e. The van der Waals surface area contributed by atoms with E-state index in [-0.39, 0.29) is 0 Å². The Bertz CT molecular complexity index is 428. The molecule has 0 radical (unpaired) electrons. The zero-order chi connectivity index (χ0) is 14.8. The van der Waals surface area contributed by atoms with Gasteiger partial charge in [-0.05, 0) is 43.0 Å². The third kappa shape index (κ3) is 3.52. The van der Waals surface area contributed by atoms with Crippen LogP contribution >= 0.6 is 0 Å². The second-order valence-electron chi connectivity index (χ2n) is 5.59. The summed E-state index contributed by atoms with van der Waals surface area (Å²) in [5.41, 5.74) is 6.14. The molecule has 0 bridgehead atoms. The minimum atomic E-state index is -4.27. The van der Waals surface area contributed by atoms with Crippen molar-refractivity contribution in [3.8, 4) is 0 Å². The summed E-state index contributed by atoms with van der Waals surface area (Å²) in [5.74, 6) is 0.545. The first-order chi connectivity index (χ1) is 9.41. The Kier molecular flexibility index (Phi) is 4.70. The number of halogens is 3. The average Bonchev–Trinajstić information content (AvgIpc) is 2.38. The molecule has 2 N–H and O–H groups in total. The van der Waals surface area contributed by atoms with Crippen molar-refractivity contribution in [1.82, 2.24) is 4.90 Å². The summed E-state index contributed by atoms with van der Waals surface area (Å²) >= 11 is 0. The van der Waals surface area contributed by atoms with Crippen molar-refractivity contribution >= 4 is 0 Å². The fourth-order valence-corrected chi connectivity index (χ4v) is 2.95. The van der Waals surface area contributed by atoms with Crippen LogP contribution < -0.4 is 5.73 Å². The molecule has 1 heterocycles. The molecule has 1 fully saturated rings. The van der Waals surface area contributed by atoms with Crippen molar-refractivity contribution in [2.75, 3.05) is 13.1 Å². The van der Waals surface area contributed by atoms with Gasteiger partial charge < -0.3 is 5.73 Å². The molecule has 2 nitrogen and oxygen atoms in total. The van der Waals surface area contributed by atoms with Crippen LogP contribution in [0.4, 0.5) is 13.2 Å². The number of nitrogens with zero attached hydrogens (tertiary/aromatic N) is 1. The van der Waals surface area contributed by atoms with E-state index < -0.39 is 11.7 Å². The van der Waals surface area contributed by atoms with Gasteiger partial charge in [-0.25, -0.2) is 0 Å². The highest BCUT2D eigenvalue weighted by Crippen LogP contribution is 2.30. The van der Waals surface area contributed by atoms with E-state index in [1.165, 1.54) is 6.42 Å². The highest BCUT2D eigenvalue weighted by molar-refractivity contribution is 5.24. The Balaban J connectivity index is 2.05. The fraction of sp³-hybridized carbons (Fsp3) is 0.600. The molecule has 2 atom stereocenters. The first-order valence-electron chi connectivity index (χ1n) is 7.02. The van der Waals surface area contributed by atoms with Crippen LogP contribution in [0.25, 0.3) is 0 Å². The number of piperidine rings is 1. The number of nitrogens with two attached hydrogens (primary N) is 1. The Morgan fingerprint density at radius 1 is 1.25 bits per heavy atom. The van der Waals surface area contributed by atoms with Gasteiger partial charge in [0.2, 0.25) is 0 Å². The Morgan fingerprint density at radius 2 is 1.90 bits per heavy atom. The lowest BCUT2D eigenvalue weighted by Gasteiger charge is -2.39. The molecule has 5 heteroatoms. The van der Waals surface area contributed by atoms with Crippen LogP contribution in [-0.2, 0) is 12.7 Å². The summed E-state index contributed by atoms with van der Waals surface area (Å²) in [6, 6.07) is 5.76. The summed E-state index contributed by atoms with van der Waals surface area (Å²) in [7, 11) is 0. The van der Waals surface area contributed by atoms with Crippen LogP contribution in [0.15, 0.2) is 24.3 Å². The Hall–Kier alpha value is -1.07. The summed E-state index contributed by atoms with van der Waals surface area (Å²) in [4.78, 5) is 2.29. The maximum atomic E-state index is 12.5. The van der Waals surface area contributed by atoms with Gasteiger partial charge in [0.15, 0.2) is 0 Å². The average molecular weight is 286 g/mol. The van der Waals surface area contributed by atoms with Crippen molar-refractivity contribution < 1.29 is 13.2 Å². The molecule has 1 aromatic rings. The largest absolute Gasteiger partial charge is 0.416 e. The maximum absolute atomic E-state index is 12.5. The predicted octanol–water partition coefficient (Wildman–Crippen LogP) is 3.26. The number of rotatable bonds is 3. The quantitative estimate of drug-likeness (QED) is 0.924. The van der Waals surface area contributed by atoms with E-state index in [0.717, 1.165) is 30.7 Å². The van der Waals surface area contributed by atoms with Crippen molar-refractivity contribution in [2.24, 2.45) is 11.7 Å².